The molecule has 0 radical (unpaired) electrons. The Kier molecular flexibility index (Phi) is 7.14. The quantitative estimate of drug-likeness (QED) is 0.773. The Balaban J connectivity index is 2.61. The number of rotatable bonds is 8. The Morgan fingerprint density at radius 2 is 2.19 bits per heavy atom. The van der Waals surface area contributed by atoms with Crippen molar-refractivity contribution in [1.29, 1.82) is 0 Å². The minimum absolute atomic E-state index is 0.0209. The molecule has 21 heavy (non-hydrogen) atoms. The van der Waals surface area contributed by atoms with Crippen molar-refractivity contribution in [2.24, 2.45) is 0 Å². The number of amides is 2. The van der Waals surface area contributed by atoms with Crippen LogP contribution in [0.15, 0.2) is 11.6 Å². The summed E-state index contributed by atoms with van der Waals surface area (Å²) in [5, 5.41) is 14.4. The third-order valence-corrected chi connectivity index (χ3v) is 4.02. The summed E-state index contributed by atoms with van der Waals surface area (Å²) in [6.45, 7) is 6.27. The Morgan fingerprint density at radius 1 is 1.48 bits per heavy atom. The van der Waals surface area contributed by atoms with Gasteiger partial charge in [-0.15, -0.1) is 11.3 Å². The van der Waals surface area contributed by atoms with Gasteiger partial charge in [0.2, 0.25) is 0 Å². The molecule has 0 aliphatic rings. The van der Waals surface area contributed by atoms with Gasteiger partial charge in [0.25, 0.3) is 0 Å². The van der Waals surface area contributed by atoms with Crippen LogP contribution in [0.5, 0.6) is 0 Å². The zero-order valence-corrected chi connectivity index (χ0v) is 13.5. The number of aromatic nitrogens is 1. The van der Waals surface area contributed by atoms with Gasteiger partial charge in [-0.2, -0.15) is 0 Å². The summed E-state index contributed by atoms with van der Waals surface area (Å²) < 4.78 is 0. The molecule has 2 amide bonds. The van der Waals surface area contributed by atoms with Crippen LogP contribution in [-0.2, 0) is 4.79 Å². The molecule has 0 aliphatic heterocycles. The van der Waals surface area contributed by atoms with Crippen molar-refractivity contribution in [2.75, 3.05) is 6.54 Å². The highest BCUT2D eigenvalue weighted by atomic mass is 32.1. The van der Waals surface area contributed by atoms with Crippen molar-refractivity contribution in [1.82, 2.24) is 15.2 Å². The molecule has 0 fully saturated rings. The first-order valence-corrected chi connectivity index (χ1v) is 8.02. The van der Waals surface area contributed by atoms with Crippen molar-refractivity contribution in [3.63, 3.8) is 0 Å². The van der Waals surface area contributed by atoms with E-state index in [1.54, 1.807) is 11.1 Å². The first-order chi connectivity index (χ1) is 9.95. The normalized spacial score (nSPS) is 12.2. The third-order valence-electron chi connectivity index (χ3n) is 3.13. The number of nitrogens with one attached hydrogen (secondary N) is 1. The first kappa shape index (κ1) is 17.4. The van der Waals surface area contributed by atoms with E-state index in [0.717, 1.165) is 11.4 Å². The van der Waals surface area contributed by atoms with Gasteiger partial charge in [0.15, 0.2) is 0 Å². The largest absolute Gasteiger partial charge is 0.481 e. The van der Waals surface area contributed by atoms with Gasteiger partial charge in [-0.05, 0) is 26.7 Å². The van der Waals surface area contributed by atoms with Gasteiger partial charge in [0, 0.05) is 30.6 Å². The maximum absolute atomic E-state index is 12.4. The number of nitrogens with zero attached hydrogens (tertiary/aromatic N) is 2. The Bertz CT molecular complexity index is 448. The van der Waals surface area contributed by atoms with Gasteiger partial charge >= 0.3 is 12.0 Å². The van der Waals surface area contributed by atoms with Gasteiger partial charge in [0.1, 0.15) is 5.01 Å². The minimum atomic E-state index is -0.840. The smallest absolute Gasteiger partial charge is 0.318 e. The summed E-state index contributed by atoms with van der Waals surface area (Å²) in [4.78, 5) is 28.8. The molecule has 0 aliphatic carbocycles. The summed E-state index contributed by atoms with van der Waals surface area (Å²) in [5.41, 5.74) is 0. The second-order valence-electron chi connectivity index (χ2n) is 5.07. The molecule has 118 valence electrons. The highest BCUT2D eigenvalue weighted by molar-refractivity contribution is 7.09. The molecule has 0 saturated heterocycles. The topological polar surface area (TPSA) is 82.5 Å². The van der Waals surface area contributed by atoms with Gasteiger partial charge in [-0.25, -0.2) is 9.78 Å². The van der Waals surface area contributed by atoms with Crippen LogP contribution in [-0.4, -0.2) is 39.6 Å². The molecule has 0 saturated carbocycles. The maximum Gasteiger partial charge on any atom is 0.318 e. The molecule has 1 atom stereocenters. The van der Waals surface area contributed by atoms with E-state index >= 15 is 0 Å². The zero-order valence-electron chi connectivity index (χ0n) is 12.7. The average molecular weight is 313 g/mol. The number of aliphatic carboxylic acids is 1. The van der Waals surface area contributed by atoms with Crippen LogP contribution in [0.2, 0.25) is 0 Å². The molecule has 2 N–H and O–H groups in total. The lowest BCUT2D eigenvalue weighted by Crippen LogP contribution is -2.45. The first-order valence-electron chi connectivity index (χ1n) is 7.14. The second kappa shape index (κ2) is 8.61. The molecule has 6 nitrogen and oxygen atoms in total. The number of carbonyl (C=O) groups is 2. The van der Waals surface area contributed by atoms with Crippen LogP contribution in [0, 0.1) is 0 Å². The number of hydrogen-bond acceptors (Lipinski definition) is 4. The monoisotopic (exact) mass is 313 g/mol. The van der Waals surface area contributed by atoms with E-state index in [2.05, 4.69) is 10.3 Å². The summed E-state index contributed by atoms with van der Waals surface area (Å²) in [6, 6.07) is -0.247. The number of carbonyl (C=O) groups excluding carboxylic acids is 1. The number of urea groups is 1. The van der Waals surface area contributed by atoms with E-state index in [4.69, 9.17) is 5.11 Å². The van der Waals surface area contributed by atoms with Crippen LogP contribution >= 0.6 is 11.3 Å². The van der Waals surface area contributed by atoms with Crippen LogP contribution in [0.3, 0.4) is 0 Å². The number of carboxylic acids is 1. The lowest BCUT2D eigenvalue weighted by atomic mass is 10.2. The predicted molar refractivity (Wildman–Crippen MR) is 82.4 cm³/mol. The highest BCUT2D eigenvalue weighted by Gasteiger charge is 2.21. The average Bonchev–Trinajstić information content (AvgIpc) is 2.93. The molecule has 1 aromatic heterocycles. The van der Waals surface area contributed by atoms with E-state index in [1.165, 1.54) is 11.3 Å². The molecular formula is C14H23N3O3S. The number of hydrogen-bond donors (Lipinski definition) is 2. The van der Waals surface area contributed by atoms with E-state index in [-0.39, 0.29) is 24.5 Å². The molecule has 0 spiro atoms. The lowest BCUT2D eigenvalue weighted by Gasteiger charge is -2.28. The molecule has 1 unspecified atom stereocenters. The van der Waals surface area contributed by atoms with Crippen molar-refractivity contribution in [3.05, 3.63) is 16.6 Å². The molecule has 0 bridgehead atoms. The summed E-state index contributed by atoms with van der Waals surface area (Å²) in [5.74, 6) is -0.840. The van der Waals surface area contributed by atoms with E-state index in [0.29, 0.717) is 13.0 Å². The summed E-state index contributed by atoms with van der Waals surface area (Å²) in [7, 11) is 0. The fraction of sp³-hybridized carbons (Fsp3) is 0.643. The molecule has 1 aromatic rings. The highest BCUT2D eigenvalue weighted by Crippen LogP contribution is 2.19. The molecule has 1 heterocycles. The van der Waals surface area contributed by atoms with E-state index in [1.807, 2.05) is 26.2 Å². The number of carboxylic acid groups (broad SMARTS) is 1. The van der Waals surface area contributed by atoms with Crippen molar-refractivity contribution in [3.8, 4) is 0 Å². The lowest BCUT2D eigenvalue weighted by molar-refractivity contribution is -0.137. The van der Waals surface area contributed by atoms with Gasteiger partial charge in [0.05, 0.1) is 6.04 Å². The van der Waals surface area contributed by atoms with Gasteiger partial charge < -0.3 is 15.3 Å². The molecule has 7 heteroatoms. The molecule has 1 rings (SSSR count). The number of thiazole rings is 1. The van der Waals surface area contributed by atoms with Gasteiger partial charge in [-0.3, -0.25) is 4.79 Å². The summed E-state index contributed by atoms with van der Waals surface area (Å²) in [6.07, 6.45) is 3.01. The van der Waals surface area contributed by atoms with Crippen molar-refractivity contribution >= 4 is 23.3 Å². The Labute approximate surface area is 129 Å². The van der Waals surface area contributed by atoms with Crippen LogP contribution in [0.25, 0.3) is 0 Å². The fourth-order valence-electron chi connectivity index (χ4n) is 1.97. The van der Waals surface area contributed by atoms with Crippen molar-refractivity contribution < 1.29 is 14.7 Å². The summed E-state index contributed by atoms with van der Waals surface area (Å²) >= 11 is 1.52. The minimum Gasteiger partial charge on any atom is -0.481 e. The van der Waals surface area contributed by atoms with Crippen molar-refractivity contribution in [2.45, 2.75) is 52.1 Å². The van der Waals surface area contributed by atoms with E-state index in [9.17, 15) is 9.59 Å². The van der Waals surface area contributed by atoms with Crippen LogP contribution < -0.4 is 5.32 Å². The Hall–Kier alpha value is -1.63. The molecule has 0 aromatic carbocycles. The predicted octanol–water partition coefficient (Wildman–Crippen LogP) is 2.88. The third kappa shape index (κ3) is 5.71. The standard InChI is InChI=1S/C14H23N3O3S/c1-4-11(13-15-7-9-21-13)16-14(20)17(10(2)3)8-5-6-12(18)19/h7,9-11H,4-6,8H2,1-3H3,(H,16,20)(H,18,19). The van der Waals surface area contributed by atoms with Crippen LogP contribution in [0.4, 0.5) is 4.79 Å². The van der Waals surface area contributed by atoms with Gasteiger partial charge in [-0.1, -0.05) is 6.92 Å². The zero-order chi connectivity index (χ0) is 15.8. The Morgan fingerprint density at radius 3 is 2.67 bits per heavy atom. The maximum atomic E-state index is 12.4. The van der Waals surface area contributed by atoms with Crippen LogP contribution in [0.1, 0.15) is 51.1 Å². The molecular weight excluding hydrogens is 290 g/mol. The van der Waals surface area contributed by atoms with E-state index < -0.39 is 5.97 Å². The second-order valence-corrected chi connectivity index (χ2v) is 5.99. The fourth-order valence-corrected chi connectivity index (χ4v) is 2.74. The SMILES string of the molecule is CCC(NC(=O)N(CCCC(=O)O)C(C)C)c1nccs1.